The fourth-order valence-electron chi connectivity index (χ4n) is 2.73. The molecule has 1 aromatic rings. The summed E-state index contributed by atoms with van der Waals surface area (Å²) in [5, 5.41) is 15.6. The van der Waals surface area contributed by atoms with Crippen molar-refractivity contribution in [2.75, 3.05) is 13.2 Å². The van der Waals surface area contributed by atoms with Crippen molar-refractivity contribution in [3.05, 3.63) is 17.0 Å². The second-order valence-corrected chi connectivity index (χ2v) is 6.08. The van der Waals surface area contributed by atoms with Crippen molar-refractivity contribution in [1.82, 2.24) is 15.1 Å². The highest BCUT2D eigenvalue weighted by atomic mass is 16.3. The molecular formula is C14H21N3O3. The summed E-state index contributed by atoms with van der Waals surface area (Å²) in [6.45, 7) is 6.12. The highest BCUT2D eigenvalue weighted by molar-refractivity contribution is 5.99. The fraction of sp³-hybridized carbons (Fsp3) is 0.643. The Kier molecular flexibility index (Phi) is 3.94. The molecule has 6 heteroatoms. The lowest BCUT2D eigenvalue weighted by Crippen LogP contribution is -2.33. The van der Waals surface area contributed by atoms with Gasteiger partial charge in [-0.15, -0.1) is 0 Å². The minimum absolute atomic E-state index is 0.0829. The van der Waals surface area contributed by atoms with E-state index in [1.54, 1.807) is 11.6 Å². The lowest BCUT2D eigenvalue weighted by atomic mass is 9.75. The van der Waals surface area contributed by atoms with Gasteiger partial charge in [-0.3, -0.25) is 14.3 Å². The van der Waals surface area contributed by atoms with Gasteiger partial charge in [0.1, 0.15) is 6.54 Å². The molecule has 0 saturated heterocycles. The molecule has 0 aromatic carbocycles. The van der Waals surface area contributed by atoms with Crippen LogP contribution < -0.4 is 5.32 Å². The maximum Gasteiger partial charge on any atom is 0.241 e. The molecule has 6 nitrogen and oxygen atoms in total. The quantitative estimate of drug-likeness (QED) is 0.838. The van der Waals surface area contributed by atoms with Crippen LogP contribution in [0, 0.1) is 12.3 Å². The fourth-order valence-corrected chi connectivity index (χ4v) is 2.73. The minimum atomic E-state index is -0.208. The lowest BCUT2D eigenvalue weighted by Gasteiger charge is -2.29. The van der Waals surface area contributed by atoms with Crippen LogP contribution in [0.15, 0.2) is 0 Å². The molecule has 20 heavy (non-hydrogen) atoms. The molecule has 1 amide bonds. The van der Waals surface area contributed by atoms with E-state index in [0.29, 0.717) is 17.7 Å². The van der Waals surface area contributed by atoms with Crippen LogP contribution in [-0.4, -0.2) is 39.7 Å². The van der Waals surface area contributed by atoms with Gasteiger partial charge in [-0.2, -0.15) is 5.10 Å². The van der Waals surface area contributed by atoms with Gasteiger partial charge in [0.25, 0.3) is 0 Å². The Hall–Kier alpha value is -1.69. The molecule has 0 bridgehead atoms. The van der Waals surface area contributed by atoms with E-state index in [0.717, 1.165) is 12.1 Å². The van der Waals surface area contributed by atoms with Crippen LogP contribution in [0.1, 0.15) is 42.0 Å². The van der Waals surface area contributed by atoms with Gasteiger partial charge in [0.05, 0.1) is 23.6 Å². The third kappa shape index (κ3) is 2.90. The van der Waals surface area contributed by atoms with Gasteiger partial charge in [-0.05, 0) is 18.8 Å². The Labute approximate surface area is 118 Å². The number of carbonyl (C=O) groups is 2. The first kappa shape index (κ1) is 14.7. The first-order valence-electron chi connectivity index (χ1n) is 6.81. The largest absolute Gasteiger partial charge is 0.395 e. The molecule has 1 aliphatic carbocycles. The molecule has 2 rings (SSSR count). The number of hydrogen-bond acceptors (Lipinski definition) is 4. The molecule has 1 aromatic heterocycles. The van der Waals surface area contributed by atoms with E-state index < -0.39 is 0 Å². The SMILES string of the molecule is Cc1nn(CC(=O)NCCO)c2c1C(=O)CC(C)(C)C2. The number of ketones is 1. The normalized spacial score (nSPS) is 16.9. The molecule has 0 fully saturated rings. The zero-order chi connectivity index (χ0) is 14.9. The molecule has 110 valence electrons. The highest BCUT2D eigenvalue weighted by Gasteiger charge is 2.35. The Morgan fingerprint density at radius 2 is 2.15 bits per heavy atom. The van der Waals surface area contributed by atoms with Crippen LogP contribution in [0.4, 0.5) is 0 Å². The summed E-state index contributed by atoms with van der Waals surface area (Å²) in [6.07, 6.45) is 1.26. The van der Waals surface area contributed by atoms with E-state index in [4.69, 9.17) is 5.11 Å². The topological polar surface area (TPSA) is 84.2 Å². The Balaban J connectivity index is 2.26. The summed E-state index contributed by atoms with van der Waals surface area (Å²) in [5.74, 6) is -0.101. The number of hydrogen-bond donors (Lipinski definition) is 2. The van der Waals surface area contributed by atoms with Crippen LogP contribution >= 0.6 is 0 Å². The Bertz CT molecular complexity index is 546. The zero-order valence-corrected chi connectivity index (χ0v) is 12.2. The lowest BCUT2D eigenvalue weighted by molar-refractivity contribution is -0.122. The van der Waals surface area contributed by atoms with Crippen molar-refractivity contribution in [1.29, 1.82) is 0 Å². The van der Waals surface area contributed by atoms with Crippen molar-refractivity contribution >= 4 is 11.7 Å². The molecule has 1 heterocycles. The van der Waals surface area contributed by atoms with Gasteiger partial charge >= 0.3 is 0 Å². The third-order valence-corrected chi connectivity index (χ3v) is 3.52. The number of aryl methyl sites for hydroxylation is 1. The predicted octanol–water partition coefficient (Wildman–Crippen LogP) is 0.455. The van der Waals surface area contributed by atoms with E-state index in [-0.39, 0.29) is 36.8 Å². The number of aliphatic hydroxyl groups is 1. The maximum absolute atomic E-state index is 12.2. The van der Waals surface area contributed by atoms with Gasteiger partial charge in [-0.25, -0.2) is 0 Å². The van der Waals surface area contributed by atoms with Crippen molar-refractivity contribution in [2.45, 2.75) is 40.2 Å². The van der Waals surface area contributed by atoms with Crippen LogP contribution in [0.5, 0.6) is 0 Å². The Morgan fingerprint density at radius 1 is 1.45 bits per heavy atom. The van der Waals surface area contributed by atoms with Crippen LogP contribution in [0.3, 0.4) is 0 Å². The molecule has 0 saturated carbocycles. The first-order chi connectivity index (χ1) is 9.34. The van der Waals surface area contributed by atoms with Crippen molar-refractivity contribution in [3.8, 4) is 0 Å². The van der Waals surface area contributed by atoms with Crippen LogP contribution in [0.25, 0.3) is 0 Å². The van der Waals surface area contributed by atoms with E-state index in [1.807, 2.05) is 13.8 Å². The number of aliphatic hydroxyl groups excluding tert-OH is 1. The number of carbonyl (C=O) groups excluding carboxylic acids is 2. The zero-order valence-electron chi connectivity index (χ0n) is 12.2. The Morgan fingerprint density at radius 3 is 2.80 bits per heavy atom. The summed E-state index contributed by atoms with van der Waals surface area (Å²) in [7, 11) is 0. The molecule has 0 aliphatic heterocycles. The van der Waals surface area contributed by atoms with Gasteiger partial charge in [0, 0.05) is 13.0 Å². The molecular weight excluding hydrogens is 258 g/mol. The predicted molar refractivity (Wildman–Crippen MR) is 73.5 cm³/mol. The van der Waals surface area contributed by atoms with E-state index in [1.165, 1.54) is 0 Å². The van der Waals surface area contributed by atoms with Gasteiger partial charge in [-0.1, -0.05) is 13.8 Å². The molecule has 0 spiro atoms. The smallest absolute Gasteiger partial charge is 0.241 e. The van der Waals surface area contributed by atoms with E-state index in [2.05, 4.69) is 10.4 Å². The monoisotopic (exact) mass is 279 g/mol. The summed E-state index contributed by atoms with van der Waals surface area (Å²) in [6, 6.07) is 0. The van der Waals surface area contributed by atoms with Crippen molar-refractivity contribution < 1.29 is 14.7 Å². The van der Waals surface area contributed by atoms with Gasteiger partial charge < -0.3 is 10.4 Å². The average molecular weight is 279 g/mol. The molecule has 2 N–H and O–H groups in total. The highest BCUT2D eigenvalue weighted by Crippen LogP contribution is 2.35. The maximum atomic E-state index is 12.2. The second-order valence-electron chi connectivity index (χ2n) is 6.08. The van der Waals surface area contributed by atoms with E-state index in [9.17, 15) is 9.59 Å². The molecule has 1 aliphatic rings. The summed E-state index contributed by atoms with van der Waals surface area (Å²) in [4.78, 5) is 23.9. The van der Waals surface area contributed by atoms with Crippen LogP contribution in [0.2, 0.25) is 0 Å². The van der Waals surface area contributed by atoms with Crippen molar-refractivity contribution in [3.63, 3.8) is 0 Å². The third-order valence-electron chi connectivity index (χ3n) is 3.52. The van der Waals surface area contributed by atoms with Crippen LogP contribution in [-0.2, 0) is 17.8 Å². The molecule has 0 radical (unpaired) electrons. The molecule has 0 atom stereocenters. The number of Topliss-reactive ketones (excluding diaryl/α,β-unsaturated/α-hetero) is 1. The number of nitrogens with zero attached hydrogens (tertiary/aromatic N) is 2. The standard InChI is InChI=1S/C14H21N3O3/c1-9-13-10(6-14(2,3)7-11(13)19)17(16-9)8-12(20)15-4-5-18/h18H,4-8H2,1-3H3,(H,15,20). The van der Waals surface area contributed by atoms with Crippen molar-refractivity contribution in [2.24, 2.45) is 5.41 Å². The number of amides is 1. The summed E-state index contributed by atoms with van der Waals surface area (Å²) < 4.78 is 1.62. The molecule has 0 unspecified atom stereocenters. The minimum Gasteiger partial charge on any atom is -0.395 e. The van der Waals surface area contributed by atoms with Gasteiger partial charge in [0.2, 0.25) is 5.91 Å². The first-order valence-corrected chi connectivity index (χ1v) is 6.81. The number of aromatic nitrogens is 2. The number of rotatable bonds is 4. The number of fused-ring (bicyclic) bond motifs is 1. The average Bonchev–Trinajstić information content (AvgIpc) is 2.61. The summed E-state index contributed by atoms with van der Waals surface area (Å²) >= 11 is 0. The van der Waals surface area contributed by atoms with E-state index >= 15 is 0 Å². The number of nitrogens with one attached hydrogen (secondary N) is 1. The second kappa shape index (κ2) is 5.36. The van der Waals surface area contributed by atoms with Gasteiger partial charge in [0.15, 0.2) is 5.78 Å². The summed E-state index contributed by atoms with van der Waals surface area (Å²) in [5.41, 5.74) is 2.12.